The van der Waals surface area contributed by atoms with Crippen molar-refractivity contribution in [1.82, 2.24) is 15.3 Å². The number of H-pyrrole nitrogens is 1. The van der Waals surface area contributed by atoms with E-state index in [9.17, 15) is 4.79 Å². The Hall–Kier alpha value is -1.88. The first kappa shape index (κ1) is 14.5. The predicted molar refractivity (Wildman–Crippen MR) is 80.0 cm³/mol. The first-order chi connectivity index (χ1) is 9.65. The maximum atomic E-state index is 12.3. The van der Waals surface area contributed by atoms with E-state index >= 15 is 0 Å². The molecule has 0 bridgehead atoms. The largest absolute Gasteiger partial charge is 0.348 e. The van der Waals surface area contributed by atoms with Crippen molar-refractivity contribution in [2.24, 2.45) is 11.1 Å². The molecule has 2 rings (SSSR count). The van der Waals surface area contributed by atoms with Crippen LogP contribution >= 0.6 is 0 Å². The Morgan fingerprint density at radius 2 is 2.05 bits per heavy atom. The first-order valence-corrected chi connectivity index (χ1v) is 7.07. The summed E-state index contributed by atoms with van der Waals surface area (Å²) in [5.41, 5.74) is 7.20. The standard InChI is InChI=1S/C15H22N4O/c1-3-15(4-2,10-16)14(20)17-9-13-18-11-7-5-6-8-12(11)19-13/h5-8H,3-4,9-10,16H2,1-2H3,(H,17,20)(H,18,19). The van der Waals surface area contributed by atoms with Crippen molar-refractivity contribution in [3.05, 3.63) is 30.1 Å². The Morgan fingerprint density at radius 1 is 1.35 bits per heavy atom. The van der Waals surface area contributed by atoms with Gasteiger partial charge in [-0.15, -0.1) is 0 Å². The molecule has 1 aromatic heterocycles. The molecule has 0 radical (unpaired) electrons. The van der Waals surface area contributed by atoms with Crippen molar-refractivity contribution >= 4 is 16.9 Å². The number of hydrogen-bond acceptors (Lipinski definition) is 3. The third-order valence-electron chi connectivity index (χ3n) is 4.08. The van der Waals surface area contributed by atoms with E-state index in [0.29, 0.717) is 13.1 Å². The van der Waals surface area contributed by atoms with E-state index in [4.69, 9.17) is 5.73 Å². The highest BCUT2D eigenvalue weighted by molar-refractivity contribution is 5.83. The summed E-state index contributed by atoms with van der Waals surface area (Å²) in [6, 6.07) is 7.81. The number of carbonyl (C=O) groups excluding carboxylic acids is 1. The second-order valence-corrected chi connectivity index (χ2v) is 5.07. The molecule has 108 valence electrons. The van der Waals surface area contributed by atoms with Gasteiger partial charge in [-0.05, 0) is 25.0 Å². The van der Waals surface area contributed by atoms with Crippen LogP contribution in [-0.2, 0) is 11.3 Å². The lowest BCUT2D eigenvalue weighted by Gasteiger charge is -2.28. The number of hydrogen-bond donors (Lipinski definition) is 3. The maximum Gasteiger partial charge on any atom is 0.227 e. The van der Waals surface area contributed by atoms with Crippen molar-refractivity contribution in [1.29, 1.82) is 0 Å². The van der Waals surface area contributed by atoms with E-state index in [-0.39, 0.29) is 5.91 Å². The fourth-order valence-corrected chi connectivity index (χ4v) is 2.39. The maximum absolute atomic E-state index is 12.3. The molecule has 0 aliphatic heterocycles. The predicted octanol–water partition coefficient (Wildman–Crippen LogP) is 1.94. The van der Waals surface area contributed by atoms with E-state index < -0.39 is 5.41 Å². The highest BCUT2D eigenvalue weighted by Gasteiger charge is 2.33. The molecular formula is C15H22N4O. The zero-order valence-corrected chi connectivity index (χ0v) is 12.1. The molecule has 0 atom stereocenters. The zero-order valence-electron chi connectivity index (χ0n) is 12.1. The Morgan fingerprint density at radius 3 is 2.65 bits per heavy atom. The smallest absolute Gasteiger partial charge is 0.227 e. The quantitative estimate of drug-likeness (QED) is 0.752. The number of imidazole rings is 1. The number of nitrogens with one attached hydrogen (secondary N) is 2. The Kier molecular flexibility index (Phi) is 4.39. The van der Waals surface area contributed by atoms with Gasteiger partial charge in [-0.2, -0.15) is 0 Å². The first-order valence-electron chi connectivity index (χ1n) is 7.07. The van der Waals surface area contributed by atoms with Crippen molar-refractivity contribution in [2.45, 2.75) is 33.2 Å². The van der Waals surface area contributed by atoms with Gasteiger partial charge in [0.25, 0.3) is 0 Å². The number of rotatable bonds is 6. The van der Waals surface area contributed by atoms with Gasteiger partial charge in [-0.1, -0.05) is 26.0 Å². The molecule has 0 saturated carbocycles. The van der Waals surface area contributed by atoms with Crippen LogP contribution in [0.3, 0.4) is 0 Å². The molecule has 0 aliphatic carbocycles. The van der Waals surface area contributed by atoms with Crippen LogP contribution in [0.25, 0.3) is 11.0 Å². The lowest BCUT2D eigenvalue weighted by atomic mass is 9.81. The summed E-state index contributed by atoms with van der Waals surface area (Å²) >= 11 is 0. The summed E-state index contributed by atoms with van der Waals surface area (Å²) in [4.78, 5) is 20.0. The summed E-state index contributed by atoms with van der Waals surface area (Å²) < 4.78 is 0. The molecule has 1 heterocycles. The minimum Gasteiger partial charge on any atom is -0.348 e. The van der Waals surface area contributed by atoms with Crippen LogP contribution in [0.2, 0.25) is 0 Å². The summed E-state index contributed by atoms with van der Waals surface area (Å²) in [6.07, 6.45) is 1.48. The second-order valence-electron chi connectivity index (χ2n) is 5.07. The minimum atomic E-state index is -0.466. The van der Waals surface area contributed by atoms with Gasteiger partial charge < -0.3 is 16.0 Å². The van der Waals surface area contributed by atoms with E-state index in [1.165, 1.54) is 0 Å². The second kappa shape index (κ2) is 6.05. The van der Waals surface area contributed by atoms with E-state index in [0.717, 1.165) is 29.7 Å². The minimum absolute atomic E-state index is 0.00505. The SMILES string of the molecule is CCC(CC)(CN)C(=O)NCc1nc2ccccc2[nH]1. The fraction of sp³-hybridized carbons (Fsp3) is 0.467. The highest BCUT2D eigenvalue weighted by atomic mass is 16.2. The van der Waals surface area contributed by atoms with Gasteiger partial charge >= 0.3 is 0 Å². The average molecular weight is 274 g/mol. The van der Waals surface area contributed by atoms with Crippen LogP contribution in [0.15, 0.2) is 24.3 Å². The summed E-state index contributed by atoms with van der Waals surface area (Å²) in [7, 11) is 0. The Bertz CT molecular complexity index is 545. The number of carbonyl (C=O) groups is 1. The van der Waals surface area contributed by atoms with Crippen LogP contribution in [0.5, 0.6) is 0 Å². The van der Waals surface area contributed by atoms with Crippen LogP contribution in [0.4, 0.5) is 0 Å². The van der Waals surface area contributed by atoms with E-state index in [2.05, 4.69) is 15.3 Å². The molecule has 1 amide bonds. The molecule has 0 unspecified atom stereocenters. The van der Waals surface area contributed by atoms with Crippen molar-refractivity contribution in [3.8, 4) is 0 Å². The number of nitrogens with zero attached hydrogens (tertiary/aromatic N) is 1. The van der Waals surface area contributed by atoms with Crippen LogP contribution in [-0.4, -0.2) is 22.4 Å². The number of aromatic nitrogens is 2. The van der Waals surface area contributed by atoms with Gasteiger partial charge in [0.2, 0.25) is 5.91 Å². The third-order valence-corrected chi connectivity index (χ3v) is 4.08. The molecule has 0 fully saturated rings. The Balaban J connectivity index is 2.06. The molecule has 2 aromatic rings. The lowest BCUT2D eigenvalue weighted by Crippen LogP contribution is -2.45. The fourth-order valence-electron chi connectivity index (χ4n) is 2.39. The van der Waals surface area contributed by atoms with Gasteiger partial charge in [-0.25, -0.2) is 4.98 Å². The summed E-state index contributed by atoms with van der Waals surface area (Å²) in [6.45, 7) is 4.76. The van der Waals surface area contributed by atoms with Gasteiger partial charge in [0.05, 0.1) is 23.0 Å². The number of nitrogens with two attached hydrogens (primary N) is 1. The lowest BCUT2D eigenvalue weighted by molar-refractivity contribution is -0.131. The third kappa shape index (κ3) is 2.67. The van der Waals surface area contributed by atoms with Crippen LogP contribution in [0.1, 0.15) is 32.5 Å². The van der Waals surface area contributed by atoms with Gasteiger partial charge in [0, 0.05) is 6.54 Å². The topological polar surface area (TPSA) is 83.8 Å². The number of benzene rings is 1. The van der Waals surface area contributed by atoms with Crippen molar-refractivity contribution < 1.29 is 4.79 Å². The van der Waals surface area contributed by atoms with Crippen molar-refractivity contribution in [3.63, 3.8) is 0 Å². The molecule has 5 nitrogen and oxygen atoms in total. The molecule has 4 N–H and O–H groups in total. The highest BCUT2D eigenvalue weighted by Crippen LogP contribution is 2.25. The number of aromatic amines is 1. The van der Waals surface area contributed by atoms with E-state index in [1.54, 1.807) is 0 Å². The monoisotopic (exact) mass is 274 g/mol. The molecule has 0 spiro atoms. The van der Waals surface area contributed by atoms with Gasteiger partial charge in [0.1, 0.15) is 5.82 Å². The van der Waals surface area contributed by atoms with Gasteiger partial charge in [0.15, 0.2) is 0 Å². The number of fused-ring (bicyclic) bond motifs is 1. The average Bonchev–Trinajstić information content (AvgIpc) is 2.90. The Labute approximate surface area is 119 Å². The van der Waals surface area contributed by atoms with Crippen LogP contribution in [0, 0.1) is 5.41 Å². The van der Waals surface area contributed by atoms with Crippen molar-refractivity contribution in [2.75, 3.05) is 6.54 Å². The zero-order chi connectivity index (χ0) is 14.6. The molecule has 5 heteroatoms. The molecular weight excluding hydrogens is 252 g/mol. The van der Waals surface area contributed by atoms with E-state index in [1.807, 2.05) is 38.1 Å². The summed E-state index contributed by atoms with van der Waals surface area (Å²) in [5, 5.41) is 2.94. The molecule has 1 aromatic carbocycles. The molecule has 0 aliphatic rings. The number of para-hydroxylation sites is 2. The normalized spacial score (nSPS) is 11.8. The van der Waals surface area contributed by atoms with Gasteiger partial charge in [-0.3, -0.25) is 4.79 Å². The summed E-state index contributed by atoms with van der Waals surface area (Å²) in [5.74, 6) is 0.767. The number of amides is 1. The molecule has 20 heavy (non-hydrogen) atoms. The molecule has 0 saturated heterocycles. The van der Waals surface area contributed by atoms with Crippen LogP contribution < -0.4 is 11.1 Å².